The maximum absolute atomic E-state index is 12.1. The van der Waals surface area contributed by atoms with Crippen LogP contribution in [0, 0.1) is 11.3 Å². The maximum Gasteiger partial charge on any atom is 0.178 e. The highest BCUT2D eigenvalue weighted by Gasteiger charge is 2.18. The number of pyridine rings is 1. The van der Waals surface area contributed by atoms with Crippen LogP contribution in [0.15, 0.2) is 54.7 Å². The monoisotopic (exact) mass is 292 g/mol. The van der Waals surface area contributed by atoms with Crippen molar-refractivity contribution in [2.24, 2.45) is 0 Å². The van der Waals surface area contributed by atoms with Crippen molar-refractivity contribution in [3.05, 3.63) is 66.0 Å². The Balaban J connectivity index is 2.08. The molecule has 4 nitrogen and oxygen atoms in total. The highest BCUT2D eigenvalue weighted by atomic mass is 16.5. The number of hydrogen-bond acceptors (Lipinski definition) is 4. The van der Waals surface area contributed by atoms with Crippen LogP contribution in [0.25, 0.3) is 6.08 Å². The molecule has 0 aliphatic heterocycles. The molecule has 110 valence electrons. The number of rotatable bonds is 6. The van der Waals surface area contributed by atoms with Crippen LogP contribution in [0.5, 0.6) is 5.75 Å². The van der Waals surface area contributed by atoms with E-state index < -0.39 is 5.92 Å². The summed E-state index contributed by atoms with van der Waals surface area (Å²) in [7, 11) is 0. The van der Waals surface area contributed by atoms with Gasteiger partial charge in [0.25, 0.3) is 0 Å². The first kappa shape index (κ1) is 15.5. The molecule has 22 heavy (non-hydrogen) atoms. The number of hydrogen-bond donors (Lipinski definition) is 0. The van der Waals surface area contributed by atoms with Crippen LogP contribution < -0.4 is 4.74 Å². The average Bonchev–Trinajstić information content (AvgIpc) is 2.56. The van der Waals surface area contributed by atoms with E-state index in [1.165, 1.54) is 6.08 Å². The number of benzene rings is 1. The van der Waals surface area contributed by atoms with Crippen LogP contribution in [0.1, 0.15) is 24.1 Å². The SMILES string of the molecule is CCOc1ccc(C=CC(=O)C(C#N)c2ccccn2)cc1. The summed E-state index contributed by atoms with van der Waals surface area (Å²) < 4.78 is 5.36. The summed E-state index contributed by atoms with van der Waals surface area (Å²) in [6.45, 7) is 2.54. The second-order valence-corrected chi connectivity index (χ2v) is 4.55. The van der Waals surface area contributed by atoms with Crippen LogP contribution in [0.3, 0.4) is 0 Å². The molecule has 0 radical (unpaired) electrons. The first-order valence-electron chi connectivity index (χ1n) is 7.00. The van der Waals surface area contributed by atoms with E-state index in [0.29, 0.717) is 12.3 Å². The molecule has 0 saturated heterocycles. The lowest BCUT2D eigenvalue weighted by Gasteiger charge is -2.04. The second kappa shape index (κ2) is 7.75. The van der Waals surface area contributed by atoms with E-state index in [1.54, 1.807) is 30.5 Å². The molecule has 2 aromatic rings. The molecule has 1 unspecified atom stereocenters. The molecule has 4 heteroatoms. The number of aromatic nitrogens is 1. The molecule has 0 spiro atoms. The van der Waals surface area contributed by atoms with Gasteiger partial charge in [-0.25, -0.2) is 0 Å². The summed E-state index contributed by atoms with van der Waals surface area (Å²) in [6.07, 6.45) is 4.67. The van der Waals surface area contributed by atoms with Crippen molar-refractivity contribution in [1.82, 2.24) is 4.98 Å². The van der Waals surface area contributed by atoms with Gasteiger partial charge in [0.05, 0.1) is 18.4 Å². The maximum atomic E-state index is 12.1. The van der Waals surface area contributed by atoms with E-state index in [-0.39, 0.29) is 5.78 Å². The van der Waals surface area contributed by atoms with E-state index in [1.807, 2.05) is 37.3 Å². The quantitative estimate of drug-likeness (QED) is 0.766. The number of carbonyl (C=O) groups excluding carboxylic acids is 1. The zero-order valence-electron chi connectivity index (χ0n) is 12.3. The van der Waals surface area contributed by atoms with E-state index in [9.17, 15) is 10.1 Å². The van der Waals surface area contributed by atoms with Gasteiger partial charge >= 0.3 is 0 Å². The van der Waals surface area contributed by atoms with Gasteiger partial charge in [-0.1, -0.05) is 24.3 Å². The highest BCUT2D eigenvalue weighted by Crippen LogP contribution is 2.16. The zero-order valence-corrected chi connectivity index (χ0v) is 12.3. The van der Waals surface area contributed by atoms with Gasteiger partial charge in [-0.15, -0.1) is 0 Å². The minimum absolute atomic E-state index is 0.282. The minimum Gasteiger partial charge on any atom is -0.494 e. The fraction of sp³-hybridized carbons (Fsp3) is 0.167. The molecule has 0 amide bonds. The summed E-state index contributed by atoms with van der Waals surface area (Å²) in [4.78, 5) is 16.2. The smallest absolute Gasteiger partial charge is 0.178 e. The Kier molecular flexibility index (Phi) is 5.44. The molecular weight excluding hydrogens is 276 g/mol. The molecule has 0 fully saturated rings. The van der Waals surface area contributed by atoms with Crippen molar-refractivity contribution < 1.29 is 9.53 Å². The molecular formula is C18H16N2O2. The lowest BCUT2D eigenvalue weighted by Crippen LogP contribution is -2.09. The molecule has 2 rings (SSSR count). The van der Waals surface area contributed by atoms with Crippen molar-refractivity contribution >= 4 is 11.9 Å². The average molecular weight is 292 g/mol. The Morgan fingerprint density at radius 3 is 2.68 bits per heavy atom. The van der Waals surface area contributed by atoms with Gasteiger partial charge in [-0.3, -0.25) is 9.78 Å². The third-order valence-electron chi connectivity index (χ3n) is 3.03. The number of ether oxygens (including phenoxy) is 1. The van der Waals surface area contributed by atoms with Crippen LogP contribution >= 0.6 is 0 Å². The lowest BCUT2D eigenvalue weighted by atomic mass is 10.00. The molecule has 0 bridgehead atoms. The van der Waals surface area contributed by atoms with Crippen LogP contribution in [-0.2, 0) is 4.79 Å². The van der Waals surface area contributed by atoms with E-state index in [2.05, 4.69) is 4.98 Å². The molecule has 0 aliphatic rings. The largest absolute Gasteiger partial charge is 0.494 e. The van der Waals surface area contributed by atoms with E-state index in [4.69, 9.17) is 4.74 Å². The summed E-state index contributed by atoms with van der Waals surface area (Å²) in [5.41, 5.74) is 1.33. The third kappa shape index (κ3) is 4.03. The van der Waals surface area contributed by atoms with Gasteiger partial charge < -0.3 is 4.74 Å². The first-order valence-corrected chi connectivity index (χ1v) is 7.00. The van der Waals surface area contributed by atoms with Crippen LogP contribution in [0.2, 0.25) is 0 Å². The fourth-order valence-corrected chi connectivity index (χ4v) is 1.94. The van der Waals surface area contributed by atoms with Crippen molar-refractivity contribution in [2.75, 3.05) is 6.61 Å². The fourth-order valence-electron chi connectivity index (χ4n) is 1.94. The van der Waals surface area contributed by atoms with Gasteiger partial charge in [0, 0.05) is 6.20 Å². The Morgan fingerprint density at radius 1 is 1.32 bits per heavy atom. The molecule has 0 aliphatic carbocycles. The predicted molar refractivity (Wildman–Crippen MR) is 84.2 cm³/mol. The normalized spacial score (nSPS) is 11.8. The van der Waals surface area contributed by atoms with Crippen LogP contribution in [-0.4, -0.2) is 17.4 Å². The minimum atomic E-state index is -0.875. The highest BCUT2D eigenvalue weighted by molar-refractivity contribution is 6.00. The summed E-state index contributed by atoms with van der Waals surface area (Å²) in [6, 6.07) is 14.6. The summed E-state index contributed by atoms with van der Waals surface area (Å²) >= 11 is 0. The Hall–Kier alpha value is -2.93. The summed E-state index contributed by atoms with van der Waals surface area (Å²) in [5, 5.41) is 9.18. The number of carbonyl (C=O) groups is 1. The molecule has 1 atom stereocenters. The molecule has 0 saturated carbocycles. The Bertz CT molecular complexity index is 685. The second-order valence-electron chi connectivity index (χ2n) is 4.55. The number of nitrogens with zero attached hydrogens (tertiary/aromatic N) is 2. The Labute approximate surface area is 129 Å². The summed E-state index contributed by atoms with van der Waals surface area (Å²) in [5.74, 6) is -0.371. The Morgan fingerprint density at radius 2 is 2.09 bits per heavy atom. The van der Waals surface area contributed by atoms with Gasteiger partial charge in [0.15, 0.2) is 11.7 Å². The van der Waals surface area contributed by atoms with Gasteiger partial charge in [0.2, 0.25) is 0 Å². The third-order valence-corrected chi connectivity index (χ3v) is 3.03. The predicted octanol–water partition coefficient (Wildman–Crippen LogP) is 3.37. The standard InChI is InChI=1S/C18H16N2O2/c1-2-22-15-9-6-14(7-10-15)8-11-18(21)16(13-19)17-5-3-4-12-20-17/h3-12,16H,2H2,1H3. The van der Waals surface area contributed by atoms with Gasteiger partial charge in [-0.05, 0) is 42.8 Å². The van der Waals surface area contributed by atoms with Crippen molar-refractivity contribution in [3.8, 4) is 11.8 Å². The van der Waals surface area contributed by atoms with Crippen molar-refractivity contribution in [1.29, 1.82) is 5.26 Å². The van der Waals surface area contributed by atoms with Gasteiger partial charge in [-0.2, -0.15) is 5.26 Å². The van der Waals surface area contributed by atoms with E-state index >= 15 is 0 Å². The van der Waals surface area contributed by atoms with E-state index in [0.717, 1.165) is 11.3 Å². The number of allylic oxidation sites excluding steroid dienone is 1. The number of ketones is 1. The molecule has 0 N–H and O–H groups in total. The molecule has 1 aromatic carbocycles. The zero-order chi connectivity index (χ0) is 15.8. The number of nitriles is 1. The molecule has 1 aromatic heterocycles. The van der Waals surface area contributed by atoms with Crippen molar-refractivity contribution in [3.63, 3.8) is 0 Å². The molecule has 1 heterocycles. The van der Waals surface area contributed by atoms with Gasteiger partial charge in [0.1, 0.15) is 5.75 Å². The first-order chi connectivity index (χ1) is 10.7. The van der Waals surface area contributed by atoms with Crippen molar-refractivity contribution in [2.45, 2.75) is 12.8 Å². The topological polar surface area (TPSA) is 63.0 Å². The van der Waals surface area contributed by atoms with Crippen LogP contribution in [0.4, 0.5) is 0 Å². The lowest BCUT2D eigenvalue weighted by molar-refractivity contribution is -0.114.